The lowest BCUT2D eigenvalue weighted by molar-refractivity contribution is 0.234. The minimum atomic E-state index is 0.125. The average Bonchev–Trinajstić information content (AvgIpc) is 2.54. The standard InChI is InChI=1S/C19H25NO/c1-4-15(2)17-10-12-19(13-11-17)21-16(3)14-20-18-8-6-5-7-9-18/h5-13,15-16,20H,4,14H2,1-3H3. The zero-order valence-electron chi connectivity index (χ0n) is 13.2. The molecule has 0 bridgehead atoms. The van der Waals surface area contributed by atoms with Crippen molar-refractivity contribution in [2.24, 2.45) is 0 Å². The number of hydrogen-bond donors (Lipinski definition) is 1. The molecule has 2 heteroatoms. The molecular weight excluding hydrogens is 258 g/mol. The van der Waals surface area contributed by atoms with Gasteiger partial charge in [0.25, 0.3) is 0 Å². The monoisotopic (exact) mass is 283 g/mol. The van der Waals surface area contributed by atoms with E-state index < -0.39 is 0 Å². The maximum atomic E-state index is 5.94. The highest BCUT2D eigenvalue weighted by atomic mass is 16.5. The first-order valence-electron chi connectivity index (χ1n) is 7.74. The van der Waals surface area contributed by atoms with Crippen LogP contribution >= 0.6 is 0 Å². The summed E-state index contributed by atoms with van der Waals surface area (Å²) in [4.78, 5) is 0. The Labute approximate surface area is 128 Å². The Morgan fingerprint density at radius 2 is 1.62 bits per heavy atom. The fraction of sp³-hybridized carbons (Fsp3) is 0.368. The Morgan fingerprint density at radius 3 is 2.24 bits per heavy atom. The van der Waals surface area contributed by atoms with E-state index in [2.05, 4.69) is 62.5 Å². The van der Waals surface area contributed by atoms with Crippen molar-refractivity contribution in [1.29, 1.82) is 0 Å². The number of nitrogens with one attached hydrogen (secondary N) is 1. The molecule has 21 heavy (non-hydrogen) atoms. The van der Waals surface area contributed by atoms with E-state index in [4.69, 9.17) is 4.74 Å². The zero-order chi connectivity index (χ0) is 15.1. The normalized spacial score (nSPS) is 13.5. The molecule has 2 rings (SSSR count). The van der Waals surface area contributed by atoms with E-state index >= 15 is 0 Å². The minimum Gasteiger partial charge on any atom is -0.489 e. The maximum absolute atomic E-state index is 5.94. The Kier molecular flexibility index (Phi) is 5.68. The second-order valence-electron chi connectivity index (χ2n) is 5.55. The quantitative estimate of drug-likeness (QED) is 0.765. The lowest BCUT2D eigenvalue weighted by Crippen LogP contribution is -2.22. The van der Waals surface area contributed by atoms with Gasteiger partial charge in [-0.1, -0.05) is 44.2 Å². The molecule has 2 aromatic rings. The number of benzene rings is 2. The van der Waals surface area contributed by atoms with Crippen LogP contribution in [0.1, 0.15) is 38.7 Å². The molecule has 0 radical (unpaired) electrons. The van der Waals surface area contributed by atoms with Gasteiger partial charge in [0.05, 0.1) is 6.54 Å². The zero-order valence-corrected chi connectivity index (χ0v) is 13.2. The predicted molar refractivity (Wildman–Crippen MR) is 90.2 cm³/mol. The largest absolute Gasteiger partial charge is 0.489 e. The summed E-state index contributed by atoms with van der Waals surface area (Å²) in [5.74, 6) is 1.54. The number of hydrogen-bond acceptors (Lipinski definition) is 2. The van der Waals surface area contributed by atoms with Gasteiger partial charge in [-0.15, -0.1) is 0 Å². The summed E-state index contributed by atoms with van der Waals surface area (Å²) in [6.45, 7) is 7.34. The van der Waals surface area contributed by atoms with Crippen molar-refractivity contribution in [3.8, 4) is 5.75 Å². The number of ether oxygens (including phenoxy) is 1. The predicted octanol–water partition coefficient (Wildman–Crippen LogP) is 5.08. The summed E-state index contributed by atoms with van der Waals surface area (Å²) in [5, 5.41) is 3.38. The Morgan fingerprint density at radius 1 is 0.952 bits per heavy atom. The lowest BCUT2D eigenvalue weighted by Gasteiger charge is -2.17. The van der Waals surface area contributed by atoms with Crippen molar-refractivity contribution in [2.75, 3.05) is 11.9 Å². The molecule has 0 saturated heterocycles. The van der Waals surface area contributed by atoms with E-state index in [0.29, 0.717) is 5.92 Å². The van der Waals surface area contributed by atoms with Crippen molar-refractivity contribution < 1.29 is 4.74 Å². The van der Waals surface area contributed by atoms with Gasteiger partial charge in [-0.05, 0) is 49.1 Å². The summed E-state index contributed by atoms with van der Waals surface area (Å²) in [5.41, 5.74) is 2.50. The minimum absolute atomic E-state index is 0.125. The Bertz CT molecular complexity index is 521. The summed E-state index contributed by atoms with van der Waals surface area (Å²) in [6, 6.07) is 18.7. The lowest BCUT2D eigenvalue weighted by atomic mass is 9.99. The molecule has 0 fully saturated rings. The second-order valence-corrected chi connectivity index (χ2v) is 5.55. The van der Waals surface area contributed by atoms with Gasteiger partial charge in [0, 0.05) is 5.69 Å². The first-order valence-corrected chi connectivity index (χ1v) is 7.74. The van der Waals surface area contributed by atoms with Crippen molar-refractivity contribution in [3.05, 3.63) is 60.2 Å². The van der Waals surface area contributed by atoms with Crippen LogP contribution in [0, 0.1) is 0 Å². The summed E-state index contributed by atoms with van der Waals surface area (Å²) < 4.78 is 5.94. The van der Waals surface area contributed by atoms with Gasteiger partial charge in [-0.2, -0.15) is 0 Å². The van der Waals surface area contributed by atoms with Crippen LogP contribution in [0.4, 0.5) is 5.69 Å². The number of para-hydroxylation sites is 1. The topological polar surface area (TPSA) is 21.3 Å². The van der Waals surface area contributed by atoms with Crippen LogP contribution in [0.5, 0.6) is 5.75 Å². The van der Waals surface area contributed by atoms with Gasteiger partial charge in [-0.3, -0.25) is 0 Å². The van der Waals surface area contributed by atoms with E-state index in [1.165, 1.54) is 5.56 Å². The number of rotatable bonds is 7. The van der Waals surface area contributed by atoms with Crippen LogP contribution in [0.2, 0.25) is 0 Å². The first-order chi connectivity index (χ1) is 10.2. The van der Waals surface area contributed by atoms with Gasteiger partial charge in [0.15, 0.2) is 0 Å². The Hall–Kier alpha value is -1.96. The highest BCUT2D eigenvalue weighted by molar-refractivity contribution is 5.42. The molecule has 2 atom stereocenters. The summed E-state index contributed by atoms with van der Waals surface area (Å²) in [6.07, 6.45) is 1.29. The van der Waals surface area contributed by atoms with Gasteiger partial charge in [0.1, 0.15) is 11.9 Å². The number of anilines is 1. The van der Waals surface area contributed by atoms with Crippen LogP contribution in [0.15, 0.2) is 54.6 Å². The molecule has 1 N–H and O–H groups in total. The van der Waals surface area contributed by atoms with E-state index in [1.807, 2.05) is 18.2 Å². The van der Waals surface area contributed by atoms with Crippen LogP contribution in [0.25, 0.3) is 0 Å². The molecular formula is C19H25NO. The van der Waals surface area contributed by atoms with Crippen LogP contribution in [0.3, 0.4) is 0 Å². The first kappa shape index (κ1) is 15.4. The van der Waals surface area contributed by atoms with Gasteiger partial charge >= 0.3 is 0 Å². The fourth-order valence-corrected chi connectivity index (χ4v) is 2.20. The third kappa shape index (κ3) is 4.82. The van der Waals surface area contributed by atoms with Gasteiger partial charge in [-0.25, -0.2) is 0 Å². The molecule has 0 amide bonds. The second kappa shape index (κ2) is 7.72. The van der Waals surface area contributed by atoms with E-state index in [0.717, 1.165) is 24.4 Å². The van der Waals surface area contributed by atoms with E-state index in [1.54, 1.807) is 0 Å². The molecule has 0 aliphatic rings. The average molecular weight is 283 g/mol. The molecule has 0 aromatic heterocycles. The summed E-state index contributed by atoms with van der Waals surface area (Å²) in [7, 11) is 0. The maximum Gasteiger partial charge on any atom is 0.119 e. The van der Waals surface area contributed by atoms with Crippen molar-refractivity contribution in [2.45, 2.75) is 39.2 Å². The molecule has 0 saturated carbocycles. The molecule has 2 aromatic carbocycles. The van der Waals surface area contributed by atoms with Crippen molar-refractivity contribution >= 4 is 5.69 Å². The SMILES string of the molecule is CCC(C)c1ccc(OC(C)CNc2ccccc2)cc1. The molecule has 0 aliphatic heterocycles. The van der Waals surface area contributed by atoms with Crippen LogP contribution in [-0.2, 0) is 0 Å². The van der Waals surface area contributed by atoms with E-state index in [-0.39, 0.29) is 6.10 Å². The van der Waals surface area contributed by atoms with E-state index in [9.17, 15) is 0 Å². The van der Waals surface area contributed by atoms with Gasteiger partial charge < -0.3 is 10.1 Å². The van der Waals surface area contributed by atoms with Crippen molar-refractivity contribution in [3.63, 3.8) is 0 Å². The summed E-state index contributed by atoms with van der Waals surface area (Å²) >= 11 is 0. The highest BCUT2D eigenvalue weighted by Gasteiger charge is 2.06. The molecule has 0 heterocycles. The molecule has 112 valence electrons. The molecule has 2 unspecified atom stereocenters. The molecule has 2 nitrogen and oxygen atoms in total. The van der Waals surface area contributed by atoms with Crippen LogP contribution < -0.4 is 10.1 Å². The fourth-order valence-electron chi connectivity index (χ4n) is 2.20. The Balaban J connectivity index is 1.83. The third-order valence-electron chi connectivity index (χ3n) is 3.77. The molecule has 0 aliphatic carbocycles. The van der Waals surface area contributed by atoms with Gasteiger partial charge in [0.2, 0.25) is 0 Å². The third-order valence-corrected chi connectivity index (χ3v) is 3.77. The van der Waals surface area contributed by atoms with Crippen LogP contribution in [-0.4, -0.2) is 12.6 Å². The smallest absolute Gasteiger partial charge is 0.119 e. The molecule has 0 spiro atoms. The highest BCUT2D eigenvalue weighted by Crippen LogP contribution is 2.22. The van der Waals surface area contributed by atoms with Crippen molar-refractivity contribution in [1.82, 2.24) is 0 Å².